The molecule has 1 N–H and O–H groups in total. The lowest BCUT2D eigenvalue weighted by atomic mass is 10.0. The van der Waals surface area contributed by atoms with Gasteiger partial charge < -0.3 is 4.84 Å². The molecule has 0 bridgehead atoms. The summed E-state index contributed by atoms with van der Waals surface area (Å²) < 4.78 is 0. The third-order valence-corrected chi connectivity index (χ3v) is 5.40. The molecule has 0 saturated carbocycles. The maximum absolute atomic E-state index is 5.69. The molecule has 0 spiro atoms. The van der Waals surface area contributed by atoms with Gasteiger partial charge in [-0.25, -0.2) is 4.99 Å². The maximum Gasteiger partial charge on any atom is 0.149 e. The molecule has 136 valence electrons. The molecule has 1 aliphatic heterocycles. The van der Waals surface area contributed by atoms with E-state index in [1.54, 1.807) is 11.8 Å². The number of pyridine rings is 1. The Morgan fingerprint density at radius 3 is 2.78 bits per heavy atom. The molecular formula is C22H21N3OS. The van der Waals surface area contributed by atoms with Gasteiger partial charge in [-0.3, -0.25) is 4.98 Å². The predicted molar refractivity (Wildman–Crippen MR) is 110 cm³/mol. The van der Waals surface area contributed by atoms with E-state index in [0.29, 0.717) is 0 Å². The van der Waals surface area contributed by atoms with Crippen LogP contribution in [0.5, 0.6) is 5.75 Å². The summed E-state index contributed by atoms with van der Waals surface area (Å²) in [6, 6.07) is 18.3. The van der Waals surface area contributed by atoms with Gasteiger partial charge in [-0.05, 0) is 24.6 Å². The number of benzene rings is 2. The van der Waals surface area contributed by atoms with Crippen molar-refractivity contribution in [2.45, 2.75) is 29.6 Å². The molecule has 2 aromatic carbocycles. The van der Waals surface area contributed by atoms with Gasteiger partial charge in [0.1, 0.15) is 5.75 Å². The van der Waals surface area contributed by atoms with E-state index in [1.807, 2.05) is 48.8 Å². The van der Waals surface area contributed by atoms with Crippen molar-refractivity contribution in [3.63, 3.8) is 0 Å². The van der Waals surface area contributed by atoms with Crippen LogP contribution in [0, 0.1) is 0 Å². The van der Waals surface area contributed by atoms with E-state index >= 15 is 0 Å². The van der Waals surface area contributed by atoms with Gasteiger partial charge in [0.2, 0.25) is 0 Å². The van der Waals surface area contributed by atoms with Gasteiger partial charge in [-0.1, -0.05) is 55.4 Å². The molecule has 4 rings (SSSR count). The quantitative estimate of drug-likeness (QED) is 0.362. The van der Waals surface area contributed by atoms with Crippen molar-refractivity contribution in [3.05, 3.63) is 78.1 Å². The van der Waals surface area contributed by atoms with Crippen molar-refractivity contribution in [1.82, 2.24) is 10.5 Å². The summed E-state index contributed by atoms with van der Waals surface area (Å²) in [7, 11) is 0. The van der Waals surface area contributed by atoms with Crippen LogP contribution in [0.25, 0.3) is 0 Å². The number of hydrogen-bond donors (Lipinski definition) is 1. The Kier molecular flexibility index (Phi) is 5.51. The molecular weight excluding hydrogens is 354 g/mol. The molecule has 27 heavy (non-hydrogen) atoms. The topological polar surface area (TPSA) is 46.5 Å². The highest BCUT2D eigenvalue weighted by atomic mass is 32.2. The highest BCUT2D eigenvalue weighted by Gasteiger charge is 2.19. The second-order valence-electron chi connectivity index (χ2n) is 6.28. The first-order valence-corrected chi connectivity index (χ1v) is 9.97. The molecule has 5 heteroatoms. The van der Waals surface area contributed by atoms with Crippen molar-refractivity contribution >= 4 is 23.2 Å². The number of hydroxylamine groups is 1. The summed E-state index contributed by atoms with van der Waals surface area (Å²) in [6.45, 7) is 2.99. The fourth-order valence-electron chi connectivity index (χ4n) is 2.89. The monoisotopic (exact) mass is 375 g/mol. The zero-order valence-electron chi connectivity index (χ0n) is 15.2. The minimum absolute atomic E-state index is 0.769. The third-order valence-electron chi connectivity index (χ3n) is 4.29. The van der Waals surface area contributed by atoms with E-state index in [0.717, 1.165) is 57.5 Å². The summed E-state index contributed by atoms with van der Waals surface area (Å²) in [6.07, 6.45) is 5.94. The average Bonchev–Trinajstić information content (AvgIpc) is 2.88. The number of rotatable bonds is 6. The summed E-state index contributed by atoms with van der Waals surface area (Å²) >= 11 is 1.69. The van der Waals surface area contributed by atoms with Crippen LogP contribution in [0.1, 0.15) is 30.9 Å². The first-order chi connectivity index (χ1) is 13.3. The second kappa shape index (κ2) is 8.37. The molecule has 4 nitrogen and oxygen atoms in total. The zero-order chi connectivity index (χ0) is 18.5. The van der Waals surface area contributed by atoms with Gasteiger partial charge in [0.05, 0.1) is 11.4 Å². The standard InChI is InChI=1S/C22H21N3OS/c1-2-3-12-24-26-17-9-10-20-19(14-17)25-22(16-7-5-4-6-8-16)18-11-13-23-15-21(18)27-20/h4-11,13-15,24H,2-3,12H2,1H3. The van der Waals surface area contributed by atoms with Crippen LogP contribution >= 0.6 is 11.8 Å². The molecule has 0 fully saturated rings. The van der Waals surface area contributed by atoms with Crippen LogP contribution < -0.4 is 10.3 Å². The highest BCUT2D eigenvalue weighted by Crippen LogP contribution is 2.42. The van der Waals surface area contributed by atoms with Gasteiger partial charge in [0.15, 0.2) is 0 Å². The van der Waals surface area contributed by atoms with Crippen LogP contribution in [-0.2, 0) is 0 Å². The highest BCUT2D eigenvalue weighted by molar-refractivity contribution is 7.99. The summed E-state index contributed by atoms with van der Waals surface area (Å²) in [5.74, 6) is 0.769. The van der Waals surface area contributed by atoms with Crippen molar-refractivity contribution in [1.29, 1.82) is 0 Å². The number of aromatic nitrogens is 1. The van der Waals surface area contributed by atoms with Crippen molar-refractivity contribution in [3.8, 4) is 5.75 Å². The first kappa shape index (κ1) is 17.8. The number of unbranched alkanes of at least 4 members (excludes halogenated alkanes) is 1. The van der Waals surface area contributed by atoms with Crippen LogP contribution in [0.4, 0.5) is 5.69 Å². The molecule has 1 aliphatic rings. The normalized spacial score (nSPS) is 12.6. The number of nitrogens with zero attached hydrogens (tertiary/aromatic N) is 2. The second-order valence-corrected chi connectivity index (χ2v) is 7.36. The van der Waals surface area contributed by atoms with Crippen molar-refractivity contribution < 1.29 is 4.84 Å². The molecule has 0 radical (unpaired) electrons. The van der Waals surface area contributed by atoms with E-state index in [-0.39, 0.29) is 0 Å². The van der Waals surface area contributed by atoms with E-state index in [1.165, 1.54) is 0 Å². The average molecular weight is 375 g/mol. The number of fused-ring (bicyclic) bond motifs is 2. The Morgan fingerprint density at radius 2 is 1.93 bits per heavy atom. The summed E-state index contributed by atoms with van der Waals surface area (Å²) in [5, 5.41) is 0. The van der Waals surface area contributed by atoms with Crippen LogP contribution in [0.3, 0.4) is 0 Å². The van der Waals surface area contributed by atoms with Gasteiger partial charge in [-0.15, -0.1) is 0 Å². The SMILES string of the molecule is CCCCNOc1ccc2c(c1)N=C(c1ccccc1)c1ccncc1S2. The molecule has 0 aliphatic carbocycles. The van der Waals surface area contributed by atoms with Crippen molar-refractivity contribution in [2.24, 2.45) is 4.99 Å². The summed E-state index contributed by atoms with van der Waals surface area (Å²) in [4.78, 5) is 17.2. The lowest BCUT2D eigenvalue weighted by Gasteiger charge is -2.09. The molecule has 0 saturated heterocycles. The van der Waals surface area contributed by atoms with Gasteiger partial charge in [-0.2, -0.15) is 5.48 Å². The molecule has 3 aromatic rings. The van der Waals surface area contributed by atoms with Crippen molar-refractivity contribution in [2.75, 3.05) is 6.54 Å². The Morgan fingerprint density at radius 1 is 1.04 bits per heavy atom. The van der Waals surface area contributed by atoms with Gasteiger partial charge in [0.25, 0.3) is 0 Å². The van der Waals surface area contributed by atoms with Crippen LogP contribution in [-0.4, -0.2) is 17.2 Å². The Bertz CT molecular complexity index is 957. The van der Waals surface area contributed by atoms with E-state index in [4.69, 9.17) is 9.83 Å². The van der Waals surface area contributed by atoms with Gasteiger partial charge >= 0.3 is 0 Å². The predicted octanol–water partition coefficient (Wildman–Crippen LogP) is 5.40. The minimum atomic E-state index is 0.769. The number of nitrogens with one attached hydrogen (secondary N) is 1. The van der Waals surface area contributed by atoms with E-state index in [9.17, 15) is 0 Å². The first-order valence-electron chi connectivity index (χ1n) is 9.15. The Hall–Kier alpha value is -2.63. The smallest absolute Gasteiger partial charge is 0.149 e. The third kappa shape index (κ3) is 4.04. The molecule has 0 amide bonds. The largest absolute Gasteiger partial charge is 0.409 e. The lowest BCUT2D eigenvalue weighted by molar-refractivity contribution is 0.194. The fraction of sp³-hybridized carbons (Fsp3) is 0.182. The molecule has 1 aromatic heterocycles. The van der Waals surface area contributed by atoms with E-state index in [2.05, 4.69) is 35.6 Å². The molecule has 0 unspecified atom stereocenters. The molecule has 2 heterocycles. The maximum atomic E-state index is 5.69. The lowest BCUT2D eigenvalue weighted by Crippen LogP contribution is -2.19. The summed E-state index contributed by atoms with van der Waals surface area (Å²) in [5.41, 5.74) is 7.07. The zero-order valence-corrected chi connectivity index (χ0v) is 16.0. The van der Waals surface area contributed by atoms with Crippen LogP contribution in [0.2, 0.25) is 0 Å². The van der Waals surface area contributed by atoms with E-state index < -0.39 is 0 Å². The van der Waals surface area contributed by atoms with Gasteiger partial charge in [0, 0.05) is 45.9 Å². The molecule has 0 atom stereocenters. The minimum Gasteiger partial charge on any atom is -0.409 e. The Labute approximate surface area is 163 Å². The van der Waals surface area contributed by atoms with Crippen LogP contribution in [0.15, 0.2) is 81.8 Å². The fourth-order valence-corrected chi connectivity index (χ4v) is 3.86. The number of aliphatic imine (C=N–C) groups is 1. The number of hydrogen-bond acceptors (Lipinski definition) is 5. The Balaban J connectivity index is 1.73.